The Hall–Kier alpha value is -4.05. The number of carbonyl (C=O) groups is 1. The highest BCUT2D eigenvalue weighted by atomic mass is 16.5. The third kappa shape index (κ3) is 3.30. The van der Waals surface area contributed by atoms with Crippen molar-refractivity contribution in [2.24, 2.45) is 0 Å². The van der Waals surface area contributed by atoms with E-state index >= 15 is 0 Å². The Bertz CT molecular complexity index is 1480. The summed E-state index contributed by atoms with van der Waals surface area (Å²) < 4.78 is 16.3. The Morgan fingerprint density at radius 3 is 2.22 bits per heavy atom. The van der Waals surface area contributed by atoms with Crippen LogP contribution in [0.1, 0.15) is 11.1 Å². The fourth-order valence-electron chi connectivity index (χ4n) is 4.29. The van der Waals surface area contributed by atoms with Gasteiger partial charge < -0.3 is 14.2 Å². The SMILES string of the molecule is COc1ccc(C=CC(=O)Oc2cc3ccc4cccc5ccc(c2C)c3c45)cc1OC. The second kappa shape index (κ2) is 7.89. The smallest absolute Gasteiger partial charge is 0.336 e. The molecule has 0 fully saturated rings. The predicted octanol–water partition coefficient (Wildman–Crippen LogP) is 6.53. The molecule has 4 nitrogen and oxygen atoms in total. The third-order valence-corrected chi connectivity index (χ3v) is 5.90. The average Bonchev–Trinajstić information content (AvgIpc) is 2.83. The van der Waals surface area contributed by atoms with E-state index in [1.165, 1.54) is 27.6 Å². The van der Waals surface area contributed by atoms with Crippen LogP contribution >= 0.6 is 0 Å². The van der Waals surface area contributed by atoms with E-state index in [1.54, 1.807) is 26.4 Å². The molecule has 5 rings (SSSR count). The van der Waals surface area contributed by atoms with Gasteiger partial charge in [-0.3, -0.25) is 0 Å². The monoisotopic (exact) mass is 422 g/mol. The Balaban J connectivity index is 1.48. The first-order valence-electron chi connectivity index (χ1n) is 10.4. The van der Waals surface area contributed by atoms with Crippen molar-refractivity contribution in [3.8, 4) is 17.2 Å². The van der Waals surface area contributed by atoms with E-state index in [2.05, 4.69) is 42.5 Å². The van der Waals surface area contributed by atoms with Crippen LogP contribution in [0.25, 0.3) is 38.4 Å². The lowest BCUT2D eigenvalue weighted by Crippen LogP contribution is -2.05. The number of carbonyl (C=O) groups excluding carboxylic acids is 1. The zero-order chi connectivity index (χ0) is 22.2. The van der Waals surface area contributed by atoms with Crippen LogP contribution in [0.2, 0.25) is 0 Å². The van der Waals surface area contributed by atoms with Gasteiger partial charge in [-0.15, -0.1) is 0 Å². The van der Waals surface area contributed by atoms with Gasteiger partial charge in [-0.1, -0.05) is 48.5 Å². The molecule has 0 radical (unpaired) electrons. The van der Waals surface area contributed by atoms with Crippen LogP contribution in [0.15, 0.2) is 72.8 Å². The second-order valence-electron chi connectivity index (χ2n) is 7.72. The number of rotatable bonds is 5. The minimum absolute atomic E-state index is 0.435. The van der Waals surface area contributed by atoms with Gasteiger partial charge in [-0.25, -0.2) is 4.79 Å². The summed E-state index contributed by atoms with van der Waals surface area (Å²) in [5.41, 5.74) is 1.76. The van der Waals surface area contributed by atoms with E-state index < -0.39 is 5.97 Å². The van der Waals surface area contributed by atoms with Crippen molar-refractivity contribution < 1.29 is 19.0 Å². The van der Waals surface area contributed by atoms with Crippen molar-refractivity contribution in [2.75, 3.05) is 14.2 Å². The van der Waals surface area contributed by atoms with E-state index in [0.717, 1.165) is 21.9 Å². The number of hydrogen-bond acceptors (Lipinski definition) is 4. The Morgan fingerprint density at radius 1 is 0.750 bits per heavy atom. The normalized spacial score (nSPS) is 11.6. The summed E-state index contributed by atoms with van der Waals surface area (Å²) in [6.07, 6.45) is 3.12. The van der Waals surface area contributed by atoms with E-state index in [4.69, 9.17) is 14.2 Å². The third-order valence-electron chi connectivity index (χ3n) is 5.90. The van der Waals surface area contributed by atoms with Gasteiger partial charge in [0.25, 0.3) is 0 Å². The molecule has 0 amide bonds. The summed E-state index contributed by atoms with van der Waals surface area (Å²) in [7, 11) is 3.16. The van der Waals surface area contributed by atoms with Crippen molar-refractivity contribution in [1.82, 2.24) is 0 Å². The molecule has 4 heteroatoms. The standard InChI is InChI=1S/C28H22O4/c1-17-22-12-11-20-6-4-5-19-9-10-21(28(22)27(19)20)16-24(17)32-26(29)14-8-18-7-13-23(30-2)25(15-18)31-3/h4-16H,1-3H3. The van der Waals surface area contributed by atoms with Crippen LogP contribution in [0.5, 0.6) is 17.2 Å². The molecule has 5 aromatic carbocycles. The highest BCUT2D eigenvalue weighted by Crippen LogP contribution is 2.39. The first-order chi connectivity index (χ1) is 15.6. The van der Waals surface area contributed by atoms with E-state index in [1.807, 2.05) is 25.1 Å². The van der Waals surface area contributed by atoms with Gasteiger partial charge in [0, 0.05) is 6.08 Å². The molecule has 0 unspecified atom stereocenters. The fourth-order valence-corrected chi connectivity index (χ4v) is 4.29. The maximum absolute atomic E-state index is 12.6. The number of esters is 1. The summed E-state index contributed by atoms with van der Waals surface area (Å²) in [6.45, 7) is 1.99. The summed E-state index contributed by atoms with van der Waals surface area (Å²) in [6, 6.07) is 22.2. The number of methoxy groups -OCH3 is 2. The lowest BCUT2D eigenvalue weighted by Gasteiger charge is -2.15. The molecular formula is C28H22O4. The molecule has 0 bridgehead atoms. The Morgan fingerprint density at radius 2 is 1.47 bits per heavy atom. The molecule has 0 heterocycles. The van der Waals surface area contributed by atoms with Crippen LogP contribution in [0, 0.1) is 6.92 Å². The van der Waals surface area contributed by atoms with E-state index in [0.29, 0.717) is 17.2 Å². The first-order valence-corrected chi connectivity index (χ1v) is 10.4. The highest BCUT2D eigenvalue weighted by Gasteiger charge is 2.14. The van der Waals surface area contributed by atoms with Crippen molar-refractivity contribution in [3.63, 3.8) is 0 Å². The minimum Gasteiger partial charge on any atom is -0.493 e. The molecule has 32 heavy (non-hydrogen) atoms. The Kier molecular flexibility index (Phi) is 4.91. The fraction of sp³-hybridized carbons (Fsp3) is 0.107. The van der Waals surface area contributed by atoms with Crippen LogP contribution < -0.4 is 14.2 Å². The van der Waals surface area contributed by atoms with Gasteiger partial charge >= 0.3 is 5.97 Å². The quantitative estimate of drug-likeness (QED) is 0.140. The molecule has 158 valence electrons. The number of benzene rings is 5. The van der Waals surface area contributed by atoms with Gasteiger partial charge in [0.1, 0.15) is 5.75 Å². The second-order valence-corrected chi connectivity index (χ2v) is 7.72. The highest BCUT2D eigenvalue weighted by molar-refractivity contribution is 6.24. The zero-order valence-electron chi connectivity index (χ0n) is 18.1. The molecule has 0 atom stereocenters. The van der Waals surface area contributed by atoms with Gasteiger partial charge in [-0.2, -0.15) is 0 Å². The maximum Gasteiger partial charge on any atom is 0.336 e. The number of ether oxygens (including phenoxy) is 3. The van der Waals surface area contributed by atoms with Gasteiger partial charge in [0.15, 0.2) is 11.5 Å². The Labute approximate surface area is 186 Å². The number of hydrogen-bond donors (Lipinski definition) is 0. The first kappa shape index (κ1) is 19.9. The molecular weight excluding hydrogens is 400 g/mol. The molecule has 0 saturated carbocycles. The zero-order valence-corrected chi connectivity index (χ0v) is 18.1. The van der Waals surface area contributed by atoms with Gasteiger partial charge in [-0.05, 0) is 74.6 Å². The van der Waals surface area contributed by atoms with E-state index in [9.17, 15) is 4.79 Å². The molecule has 0 aliphatic carbocycles. The molecule has 0 aliphatic rings. The molecule has 0 aliphatic heterocycles. The molecule has 0 aromatic heterocycles. The lowest BCUT2D eigenvalue weighted by molar-refractivity contribution is -0.128. The lowest BCUT2D eigenvalue weighted by atomic mass is 9.92. The number of aryl methyl sites for hydroxylation is 1. The summed E-state index contributed by atoms with van der Waals surface area (Å²) >= 11 is 0. The largest absolute Gasteiger partial charge is 0.493 e. The van der Waals surface area contributed by atoms with Crippen LogP contribution in [-0.4, -0.2) is 20.2 Å². The molecule has 5 aromatic rings. The maximum atomic E-state index is 12.6. The molecule has 0 N–H and O–H groups in total. The minimum atomic E-state index is -0.435. The van der Waals surface area contributed by atoms with Crippen molar-refractivity contribution in [2.45, 2.75) is 6.92 Å². The van der Waals surface area contributed by atoms with Gasteiger partial charge in [0.2, 0.25) is 0 Å². The van der Waals surface area contributed by atoms with Crippen molar-refractivity contribution in [3.05, 3.63) is 83.9 Å². The summed E-state index contributed by atoms with van der Waals surface area (Å²) in [4.78, 5) is 12.6. The predicted molar refractivity (Wildman–Crippen MR) is 129 cm³/mol. The van der Waals surface area contributed by atoms with Crippen molar-refractivity contribution in [1.29, 1.82) is 0 Å². The molecule has 0 saturated heterocycles. The van der Waals surface area contributed by atoms with Crippen LogP contribution in [0.3, 0.4) is 0 Å². The topological polar surface area (TPSA) is 44.8 Å². The molecule has 0 spiro atoms. The summed E-state index contributed by atoms with van der Waals surface area (Å²) in [5, 5.41) is 7.03. The summed E-state index contributed by atoms with van der Waals surface area (Å²) in [5.74, 6) is 1.37. The average molecular weight is 422 g/mol. The van der Waals surface area contributed by atoms with E-state index in [-0.39, 0.29) is 0 Å². The van der Waals surface area contributed by atoms with Crippen molar-refractivity contribution >= 4 is 44.4 Å². The van der Waals surface area contributed by atoms with Gasteiger partial charge in [0.05, 0.1) is 14.2 Å². The van der Waals surface area contributed by atoms with Crippen LogP contribution in [0.4, 0.5) is 0 Å². The van der Waals surface area contributed by atoms with Crippen LogP contribution in [-0.2, 0) is 4.79 Å².